The van der Waals surface area contributed by atoms with Gasteiger partial charge in [0.05, 0.1) is 17.9 Å². The SMILES string of the molecule is C=C(F)C(=O)Nc1ccc2c(-c3ccccc3CNc3nc(NCCl)nc4c(C(C)C)cnn34)nccc2c1. The van der Waals surface area contributed by atoms with Gasteiger partial charge in [-0.15, -0.1) is 11.6 Å². The third-order valence-corrected chi connectivity index (χ3v) is 6.35. The molecule has 0 fully saturated rings. The van der Waals surface area contributed by atoms with E-state index in [-0.39, 0.29) is 11.9 Å². The highest BCUT2D eigenvalue weighted by Crippen LogP contribution is 2.31. The summed E-state index contributed by atoms with van der Waals surface area (Å²) in [4.78, 5) is 25.5. The molecule has 0 saturated heterocycles. The van der Waals surface area contributed by atoms with Gasteiger partial charge in [-0.25, -0.2) is 4.39 Å². The number of nitrogens with zero attached hydrogens (tertiary/aromatic N) is 5. The second-order valence-electron chi connectivity index (χ2n) is 9.14. The predicted molar refractivity (Wildman–Crippen MR) is 153 cm³/mol. The molecule has 0 spiro atoms. The van der Waals surface area contributed by atoms with E-state index in [1.165, 1.54) is 0 Å². The normalized spacial score (nSPS) is 11.2. The van der Waals surface area contributed by atoms with Gasteiger partial charge in [0, 0.05) is 34.9 Å². The second-order valence-corrected chi connectivity index (χ2v) is 9.40. The fraction of sp³-hybridized carbons (Fsp3) is 0.179. The lowest BCUT2D eigenvalue weighted by Crippen LogP contribution is -2.12. The van der Waals surface area contributed by atoms with Crippen molar-refractivity contribution < 1.29 is 9.18 Å². The quantitative estimate of drug-likeness (QED) is 0.117. The summed E-state index contributed by atoms with van der Waals surface area (Å²) in [5.74, 6) is -0.757. The van der Waals surface area contributed by atoms with Gasteiger partial charge in [-0.05, 0) is 35.1 Å². The molecule has 3 N–H and O–H groups in total. The van der Waals surface area contributed by atoms with E-state index in [2.05, 4.69) is 56.4 Å². The van der Waals surface area contributed by atoms with Gasteiger partial charge in [0.1, 0.15) is 0 Å². The molecule has 2 aromatic carbocycles. The maximum Gasteiger partial charge on any atom is 0.283 e. The zero-order valence-electron chi connectivity index (χ0n) is 21.4. The Kier molecular flexibility index (Phi) is 7.38. The number of anilines is 3. The number of aromatic nitrogens is 5. The topological polar surface area (TPSA) is 109 Å². The van der Waals surface area contributed by atoms with Crippen LogP contribution in [0.2, 0.25) is 0 Å². The minimum Gasteiger partial charge on any atom is -0.350 e. The number of hydrogen-bond acceptors (Lipinski definition) is 7. The monoisotopic (exact) mass is 544 g/mol. The van der Waals surface area contributed by atoms with Crippen LogP contribution in [0.3, 0.4) is 0 Å². The molecule has 9 nitrogen and oxygen atoms in total. The number of amides is 1. The van der Waals surface area contributed by atoms with Crippen molar-refractivity contribution in [1.29, 1.82) is 0 Å². The summed E-state index contributed by atoms with van der Waals surface area (Å²) in [7, 11) is 0. The van der Waals surface area contributed by atoms with Crippen molar-refractivity contribution >= 4 is 51.5 Å². The average molecular weight is 545 g/mol. The van der Waals surface area contributed by atoms with Gasteiger partial charge in [0.25, 0.3) is 5.91 Å². The number of alkyl halides is 1. The Bertz CT molecular complexity index is 1700. The predicted octanol–water partition coefficient (Wildman–Crippen LogP) is 6.10. The number of fused-ring (bicyclic) bond motifs is 2. The number of hydrogen-bond donors (Lipinski definition) is 3. The van der Waals surface area contributed by atoms with Gasteiger partial charge in [-0.3, -0.25) is 9.78 Å². The zero-order valence-corrected chi connectivity index (χ0v) is 22.1. The minimum absolute atomic E-state index is 0.171. The fourth-order valence-electron chi connectivity index (χ4n) is 4.30. The first-order chi connectivity index (χ1) is 18.9. The van der Waals surface area contributed by atoms with E-state index >= 15 is 0 Å². The number of benzene rings is 2. The maximum atomic E-state index is 13.2. The number of carbonyl (C=O) groups is 1. The van der Waals surface area contributed by atoms with Crippen LogP contribution >= 0.6 is 11.6 Å². The third-order valence-electron chi connectivity index (χ3n) is 6.22. The highest BCUT2D eigenvalue weighted by molar-refractivity contribution is 6.18. The Morgan fingerprint density at radius 3 is 2.72 bits per heavy atom. The van der Waals surface area contributed by atoms with Crippen LogP contribution in [0.25, 0.3) is 27.7 Å². The van der Waals surface area contributed by atoms with Crippen LogP contribution in [0.1, 0.15) is 30.9 Å². The van der Waals surface area contributed by atoms with E-state index in [0.29, 0.717) is 29.8 Å². The molecule has 3 aromatic heterocycles. The Balaban J connectivity index is 1.49. The molecule has 0 radical (unpaired) electrons. The second kappa shape index (κ2) is 11.0. The Morgan fingerprint density at radius 2 is 1.95 bits per heavy atom. The average Bonchev–Trinajstić information content (AvgIpc) is 3.36. The highest BCUT2D eigenvalue weighted by atomic mass is 35.5. The molecule has 0 aliphatic carbocycles. The zero-order chi connectivity index (χ0) is 27.5. The van der Waals surface area contributed by atoms with Crippen molar-refractivity contribution in [3.8, 4) is 11.3 Å². The van der Waals surface area contributed by atoms with Crippen molar-refractivity contribution in [2.45, 2.75) is 26.3 Å². The lowest BCUT2D eigenvalue weighted by Gasteiger charge is -2.14. The Labute approximate surface area is 229 Å². The first-order valence-corrected chi connectivity index (χ1v) is 12.8. The van der Waals surface area contributed by atoms with Crippen LogP contribution in [-0.2, 0) is 11.3 Å². The van der Waals surface area contributed by atoms with Crippen LogP contribution in [0.4, 0.5) is 22.0 Å². The van der Waals surface area contributed by atoms with E-state index in [4.69, 9.17) is 11.6 Å². The standard InChI is InChI=1S/C28H26ClFN8O/c1-16(2)23-14-34-38-25(23)36-27(33-15-29)37-28(38)32-13-19-6-4-5-7-21(19)24-22-9-8-20(35-26(39)17(3)30)12-18(22)10-11-31-24/h4-12,14,16H,3,13,15H2,1-2H3,(H,35,39)(H2,32,33,36,37). The summed E-state index contributed by atoms with van der Waals surface area (Å²) >= 11 is 5.89. The number of halogens is 2. The van der Waals surface area contributed by atoms with Crippen molar-refractivity contribution in [2.75, 3.05) is 22.0 Å². The number of carbonyl (C=O) groups excluding carboxylic acids is 1. The van der Waals surface area contributed by atoms with Gasteiger partial charge in [-0.1, -0.05) is 50.8 Å². The number of nitrogens with one attached hydrogen (secondary N) is 3. The van der Waals surface area contributed by atoms with E-state index < -0.39 is 11.7 Å². The van der Waals surface area contributed by atoms with Crippen molar-refractivity contribution in [3.63, 3.8) is 0 Å². The molecule has 11 heteroatoms. The molecular weight excluding hydrogens is 519 g/mol. The number of rotatable bonds is 9. The maximum absolute atomic E-state index is 13.2. The van der Waals surface area contributed by atoms with Gasteiger partial charge >= 0.3 is 0 Å². The molecule has 5 rings (SSSR count). The Hall–Kier alpha value is -4.57. The van der Waals surface area contributed by atoms with E-state index in [0.717, 1.165) is 33.2 Å². The van der Waals surface area contributed by atoms with Gasteiger partial charge in [0.15, 0.2) is 11.5 Å². The summed E-state index contributed by atoms with van der Waals surface area (Å²) in [6, 6.07) is 15.3. The molecule has 198 valence electrons. The minimum atomic E-state index is -1.05. The summed E-state index contributed by atoms with van der Waals surface area (Å²) < 4.78 is 14.8. The fourth-order valence-corrected chi connectivity index (χ4v) is 4.42. The summed E-state index contributed by atoms with van der Waals surface area (Å²) in [5.41, 5.74) is 4.86. The molecule has 0 aliphatic rings. The van der Waals surface area contributed by atoms with Crippen LogP contribution in [0.15, 0.2) is 73.3 Å². The lowest BCUT2D eigenvalue weighted by molar-refractivity contribution is -0.114. The molecule has 0 saturated carbocycles. The third kappa shape index (κ3) is 5.37. The molecule has 3 heterocycles. The van der Waals surface area contributed by atoms with E-state index in [9.17, 15) is 9.18 Å². The molecule has 0 bridgehead atoms. The Morgan fingerprint density at radius 1 is 1.13 bits per heavy atom. The first kappa shape index (κ1) is 26.1. The van der Waals surface area contributed by atoms with E-state index in [1.807, 2.05) is 36.4 Å². The largest absolute Gasteiger partial charge is 0.350 e. The van der Waals surface area contributed by atoms with Gasteiger partial charge in [0.2, 0.25) is 11.9 Å². The summed E-state index contributed by atoms with van der Waals surface area (Å²) in [5, 5.41) is 15.1. The summed E-state index contributed by atoms with van der Waals surface area (Å²) in [6.07, 6.45) is 3.51. The molecule has 1 amide bonds. The molecule has 0 atom stereocenters. The molecule has 0 aliphatic heterocycles. The number of pyridine rings is 1. The van der Waals surface area contributed by atoms with Crippen molar-refractivity contribution in [2.24, 2.45) is 0 Å². The molecule has 39 heavy (non-hydrogen) atoms. The van der Waals surface area contributed by atoms with Gasteiger partial charge < -0.3 is 16.0 Å². The van der Waals surface area contributed by atoms with Crippen molar-refractivity contribution in [3.05, 3.63) is 84.5 Å². The summed E-state index contributed by atoms with van der Waals surface area (Å²) in [6.45, 7) is 7.65. The smallest absolute Gasteiger partial charge is 0.283 e. The van der Waals surface area contributed by atoms with E-state index in [1.54, 1.807) is 29.0 Å². The van der Waals surface area contributed by atoms with Crippen LogP contribution in [0, 0.1) is 0 Å². The molecular formula is C28H26ClFN8O. The van der Waals surface area contributed by atoms with Crippen LogP contribution < -0.4 is 16.0 Å². The lowest BCUT2D eigenvalue weighted by atomic mass is 9.99. The molecule has 5 aromatic rings. The highest BCUT2D eigenvalue weighted by Gasteiger charge is 2.16. The van der Waals surface area contributed by atoms with Crippen LogP contribution in [0.5, 0.6) is 0 Å². The van der Waals surface area contributed by atoms with Crippen molar-refractivity contribution in [1.82, 2.24) is 24.6 Å². The van der Waals surface area contributed by atoms with Crippen LogP contribution in [-0.4, -0.2) is 36.5 Å². The first-order valence-electron chi connectivity index (χ1n) is 12.3. The molecule has 0 unspecified atom stereocenters. The van der Waals surface area contributed by atoms with Gasteiger partial charge in [-0.2, -0.15) is 19.6 Å².